The minimum atomic E-state index is -0.0768. The van der Waals surface area contributed by atoms with Crippen molar-refractivity contribution in [3.05, 3.63) is 29.5 Å². The summed E-state index contributed by atoms with van der Waals surface area (Å²) < 4.78 is 16.5. The van der Waals surface area contributed by atoms with E-state index in [2.05, 4.69) is 15.0 Å². The average molecular weight is 310 g/mol. The van der Waals surface area contributed by atoms with E-state index < -0.39 is 0 Å². The minimum absolute atomic E-state index is 0.00420. The van der Waals surface area contributed by atoms with Crippen LogP contribution in [0.4, 0.5) is 0 Å². The Morgan fingerprint density at radius 1 is 1.05 bits per heavy atom. The van der Waals surface area contributed by atoms with Gasteiger partial charge in [0.25, 0.3) is 0 Å². The van der Waals surface area contributed by atoms with Crippen LogP contribution in [0.2, 0.25) is 5.28 Å². The first-order chi connectivity index (χ1) is 10.1. The first kappa shape index (κ1) is 15.3. The molecule has 0 aliphatic rings. The number of para-hydroxylation sites is 2. The molecule has 112 valence electrons. The molecular formula is C14H16ClN3O3. The van der Waals surface area contributed by atoms with Gasteiger partial charge in [-0.3, -0.25) is 0 Å². The van der Waals surface area contributed by atoms with Crippen molar-refractivity contribution in [3.8, 4) is 23.5 Å². The Balaban J connectivity index is 2.25. The highest BCUT2D eigenvalue weighted by Crippen LogP contribution is 2.30. The van der Waals surface area contributed by atoms with Gasteiger partial charge in [-0.2, -0.15) is 9.97 Å². The van der Waals surface area contributed by atoms with Crippen molar-refractivity contribution in [3.63, 3.8) is 0 Å². The molecule has 0 radical (unpaired) electrons. The van der Waals surface area contributed by atoms with Gasteiger partial charge in [0.2, 0.25) is 5.28 Å². The quantitative estimate of drug-likeness (QED) is 0.813. The van der Waals surface area contributed by atoms with Gasteiger partial charge in [0.15, 0.2) is 11.5 Å². The molecule has 2 aromatic rings. The molecule has 0 bridgehead atoms. The maximum Gasteiger partial charge on any atom is 0.329 e. The molecule has 7 heteroatoms. The van der Waals surface area contributed by atoms with Crippen molar-refractivity contribution in [2.24, 2.45) is 0 Å². The zero-order chi connectivity index (χ0) is 15.2. The third kappa shape index (κ3) is 4.46. The second-order valence-electron chi connectivity index (χ2n) is 4.32. The molecule has 0 amide bonds. The van der Waals surface area contributed by atoms with Crippen molar-refractivity contribution in [1.82, 2.24) is 15.0 Å². The van der Waals surface area contributed by atoms with Crippen molar-refractivity contribution >= 4 is 11.6 Å². The summed E-state index contributed by atoms with van der Waals surface area (Å²) in [6.07, 6.45) is -0.0768. The summed E-state index contributed by atoms with van der Waals surface area (Å²) in [6.45, 7) is 6.15. The van der Waals surface area contributed by atoms with Gasteiger partial charge in [0, 0.05) is 0 Å². The van der Waals surface area contributed by atoms with E-state index in [9.17, 15) is 0 Å². The maximum atomic E-state index is 5.85. The standard InChI is InChI=1S/C14H16ClN3O3/c1-4-19-10-7-5-6-8-11(10)21-14-17-12(15)16-13(18-14)20-9(2)3/h5-9H,4H2,1-3H3. The van der Waals surface area contributed by atoms with Gasteiger partial charge in [0.1, 0.15) is 0 Å². The maximum absolute atomic E-state index is 5.85. The van der Waals surface area contributed by atoms with Gasteiger partial charge >= 0.3 is 12.0 Å². The zero-order valence-corrected chi connectivity index (χ0v) is 12.8. The molecule has 0 aliphatic heterocycles. The molecule has 1 heterocycles. The molecule has 2 rings (SSSR count). The van der Waals surface area contributed by atoms with Crippen LogP contribution in [0.3, 0.4) is 0 Å². The SMILES string of the molecule is CCOc1ccccc1Oc1nc(Cl)nc(OC(C)C)n1. The fraction of sp³-hybridized carbons (Fsp3) is 0.357. The van der Waals surface area contributed by atoms with Crippen LogP contribution in [0.25, 0.3) is 0 Å². The topological polar surface area (TPSA) is 66.4 Å². The van der Waals surface area contributed by atoms with Gasteiger partial charge in [-0.15, -0.1) is 4.98 Å². The molecule has 1 aromatic heterocycles. The van der Waals surface area contributed by atoms with Crippen LogP contribution >= 0.6 is 11.6 Å². The van der Waals surface area contributed by atoms with Crippen LogP contribution < -0.4 is 14.2 Å². The molecule has 0 unspecified atom stereocenters. The second-order valence-corrected chi connectivity index (χ2v) is 4.66. The smallest absolute Gasteiger partial charge is 0.329 e. The fourth-order valence-corrected chi connectivity index (χ4v) is 1.68. The first-order valence-electron chi connectivity index (χ1n) is 6.56. The molecular weight excluding hydrogens is 294 g/mol. The predicted molar refractivity (Wildman–Crippen MR) is 78.3 cm³/mol. The fourth-order valence-electron chi connectivity index (χ4n) is 1.53. The summed E-state index contributed by atoms with van der Waals surface area (Å²) in [5.41, 5.74) is 0. The molecule has 21 heavy (non-hydrogen) atoms. The van der Waals surface area contributed by atoms with Crippen LogP contribution in [0.15, 0.2) is 24.3 Å². The Morgan fingerprint density at radius 2 is 1.71 bits per heavy atom. The highest BCUT2D eigenvalue weighted by Gasteiger charge is 2.12. The van der Waals surface area contributed by atoms with Gasteiger partial charge in [-0.05, 0) is 44.5 Å². The van der Waals surface area contributed by atoms with Crippen LogP contribution in [0, 0.1) is 0 Å². The predicted octanol–water partition coefficient (Wildman–Crippen LogP) is 3.50. The van der Waals surface area contributed by atoms with Gasteiger partial charge in [0.05, 0.1) is 12.7 Å². The summed E-state index contributed by atoms with van der Waals surface area (Å²) in [7, 11) is 0. The average Bonchev–Trinajstić information content (AvgIpc) is 2.40. The lowest BCUT2D eigenvalue weighted by Gasteiger charge is -2.11. The lowest BCUT2D eigenvalue weighted by molar-refractivity contribution is 0.218. The molecule has 0 saturated carbocycles. The van der Waals surface area contributed by atoms with Crippen molar-refractivity contribution in [2.45, 2.75) is 26.9 Å². The van der Waals surface area contributed by atoms with Crippen LogP contribution in [0.5, 0.6) is 23.5 Å². The van der Waals surface area contributed by atoms with Crippen LogP contribution in [0.1, 0.15) is 20.8 Å². The number of ether oxygens (including phenoxy) is 3. The Bertz CT molecular complexity index is 608. The molecule has 0 atom stereocenters. The highest BCUT2D eigenvalue weighted by atomic mass is 35.5. The van der Waals surface area contributed by atoms with E-state index in [0.29, 0.717) is 18.1 Å². The van der Waals surface area contributed by atoms with E-state index >= 15 is 0 Å². The van der Waals surface area contributed by atoms with Gasteiger partial charge in [-0.1, -0.05) is 12.1 Å². The zero-order valence-electron chi connectivity index (χ0n) is 12.0. The largest absolute Gasteiger partial charge is 0.490 e. The Morgan fingerprint density at radius 3 is 2.38 bits per heavy atom. The van der Waals surface area contributed by atoms with E-state index in [1.54, 1.807) is 12.1 Å². The number of aromatic nitrogens is 3. The molecule has 0 N–H and O–H groups in total. The van der Waals surface area contributed by atoms with E-state index in [1.807, 2.05) is 32.9 Å². The molecule has 1 aromatic carbocycles. The molecule has 0 fully saturated rings. The Kier molecular flexibility index (Phi) is 5.16. The van der Waals surface area contributed by atoms with Gasteiger partial charge in [-0.25, -0.2) is 0 Å². The van der Waals surface area contributed by atoms with E-state index in [-0.39, 0.29) is 23.4 Å². The highest BCUT2D eigenvalue weighted by molar-refractivity contribution is 6.28. The number of halogens is 1. The molecule has 0 saturated heterocycles. The molecule has 0 spiro atoms. The normalized spacial score (nSPS) is 10.5. The van der Waals surface area contributed by atoms with Crippen molar-refractivity contribution in [1.29, 1.82) is 0 Å². The lowest BCUT2D eigenvalue weighted by Crippen LogP contribution is -2.09. The molecule has 6 nitrogen and oxygen atoms in total. The lowest BCUT2D eigenvalue weighted by atomic mass is 10.3. The van der Waals surface area contributed by atoms with Gasteiger partial charge < -0.3 is 14.2 Å². The molecule has 0 aliphatic carbocycles. The van der Waals surface area contributed by atoms with E-state index in [1.165, 1.54) is 0 Å². The number of rotatable bonds is 6. The third-order valence-corrected chi connectivity index (χ3v) is 2.43. The third-order valence-electron chi connectivity index (χ3n) is 2.26. The monoisotopic (exact) mass is 309 g/mol. The summed E-state index contributed by atoms with van der Waals surface area (Å²) in [6, 6.07) is 7.41. The number of nitrogens with zero attached hydrogens (tertiary/aromatic N) is 3. The number of hydrogen-bond donors (Lipinski definition) is 0. The summed E-state index contributed by atoms with van der Waals surface area (Å²) in [5.74, 6) is 1.10. The first-order valence-corrected chi connectivity index (χ1v) is 6.94. The van der Waals surface area contributed by atoms with Crippen LogP contribution in [-0.2, 0) is 0 Å². The summed E-state index contributed by atoms with van der Waals surface area (Å²) in [4.78, 5) is 11.9. The minimum Gasteiger partial charge on any atom is -0.490 e. The van der Waals surface area contributed by atoms with Crippen LogP contribution in [-0.4, -0.2) is 27.7 Å². The van der Waals surface area contributed by atoms with Crippen molar-refractivity contribution in [2.75, 3.05) is 6.61 Å². The van der Waals surface area contributed by atoms with Crippen molar-refractivity contribution < 1.29 is 14.2 Å². The Labute approximate surface area is 128 Å². The van der Waals surface area contributed by atoms with E-state index in [4.69, 9.17) is 25.8 Å². The van der Waals surface area contributed by atoms with E-state index in [0.717, 1.165) is 0 Å². The summed E-state index contributed by atoms with van der Waals surface area (Å²) in [5, 5.41) is 0.00420. The number of benzene rings is 1. The Hall–Kier alpha value is -2.08. The summed E-state index contributed by atoms with van der Waals surface area (Å²) >= 11 is 5.85. The second kappa shape index (κ2) is 7.08. The number of hydrogen-bond acceptors (Lipinski definition) is 6.